The summed E-state index contributed by atoms with van der Waals surface area (Å²) in [7, 11) is -1.42. The van der Waals surface area contributed by atoms with E-state index in [1.807, 2.05) is 0 Å². The molecule has 3 N–H and O–H groups in total. The van der Waals surface area contributed by atoms with Crippen molar-refractivity contribution in [1.29, 1.82) is 0 Å². The van der Waals surface area contributed by atoms with E-state index < -0.39 is 20.7 Å². The fraction of sp³-hybridized carbons (Fsp3) is 0.364. The van der Waals surface area contributed by atoms with Crippen molar-refractivity contribution in [3.63, 3.8) is 0 Å². The highest BCUT2D eigenvalue weighted by Crippen LogP contribution is 2.27. The number of nitrogens with one attached hydrogen (secondary N) is 1. The van der Waals surface area contributed by atoms with Crippen LogP contribution in [-0.4, -0.2) is 39.3 Å². The van der Waals surface area contributed by atoms with Crippen LogP contribution in [0, 0.1) is 5.82 Å². The molecular formula is C11H15ClFN3O3S. The maximum atomic E-state index is 13.8. The summed E-state index contributed by atoms with van der Waals surface area (Å²) in [5.41, 5.74) is 5.51. The van der Waals surface area contributed by atoms with Crippen LogP contribution >= 0.6 is 11.6 Å². The van der Waals surface area contributed by atoms with Gasteiger partial charge >= 0.3 is 0 Å². The number of nitrogens with zero attached hydrogens (tertiary/aromatic N) is 1. The Morgan fingerprint density at radius 2 is 2.10 bits per heavy atom. The Morgan fingerprint density at radius 3 is 2.65 bits per heavy atom. The van der Waals surface area contributed by atoms with Gasteiger partial charge in [0.1, 0.15) is 4.90 Å². The number of carbonyl (C=O) groups is 1. The van der Waals surface area contributed by atoms with Crippen molar-refractivity contribution in [1.82, 2.24) is 9.62 Å². The second-order valence-corrected chi connectivity index (χ2v) is 6.49. The predicted octanol–water partition coefficient (Wildman–Crippen LogP) is 0.818. The largest absolute Gasteiger partial charge is 0.399 e. The number of halogens is 2. The van der Waals surface area contributed by atoms with E-state index in [-0.39, 0.29) is 29.6 Å². The van der Waals surface area contributed by atoms with Gasteiger partial charge in [-0.15, -0.1) is 0 Å². The molecule has 0 aromatic heterocycles. The van der Waals surface area contributed by atoms with Gasteiger partial charge in [-0.2, -0.15) is 0 Å². The summed E-state index contributed by atoms with van der Waals surface area (Å²) >= 11 is 5.58. The number of hydrogen-bond donors (Lipinski definition) is 2. The number of anilines is 1. The van der Waals surface area contributed by atoms with Crippen molar-refractivity contribution in [3.05, 3.63) is 23.0 Å². The molecule has 0 bridgehead atoms. The van der Waals surface area contributed by atoms with Crippen LogP contribution in [0.4, 0.5) is 10.1 Å². The normalized spacial score (nSPS) is 11.7. The van der Waals surface area contributed by atoms with Crippen molar-refractivity contribution in [2.75, 3.05) is 26.4 Å². The number of sulfonamides is 1. The highest BCUT2D eigenvalue weighted by atomic mass is 35.5. The van der Waals surface area contributed by atoms with Gasteiger partial charge in [0.2, 0.25) is 15.9 Å². The molecule has 6 nitrogen and oxygen atoms in total. The van der Waals surface area contributed by atoms with Gasteiger partial charge in [-0.1, -0.05) is 11.6 Å². The molecule has 0 spiro atoms. The fourth-order valence-electron chi connectivity index (χ4n) is 1.44. The fourth-order valence-corrected chi connectivity index (χ4v) is 3.02. The summed E-state index contributed by atoms with van der Waals surface area (Å²) < 4.78 is 39.1. The van der Waals surface area contributed by atoms with Gasteiger partial charge in [-0.3, -0.25) is 4.79 Å². The highest BCUT2D eigenvalue weighted by molar-refractivity contribution is 7.89. The van der Waals surface area contributed by atoms with Gasteiger partial charge in [-0.05, 0) is 12.1 Å². The lowest BCUT2D eigenvalue weighted by Crippen LogP contribution is -2.32. The summed E-state index contributed by atoms with van der Waals surface area (Å²) in [5, 5.41) is 1.99. The third-order valence-electron chi connectivity index (χ3n) is 2.64. The van der Waals surface area contributed by atoms with Crippen LogP contribution in [0.25, 0.3) is 0 Å². The molecular weight excluding hydrogens is 309 g/mol. The number of hydrogen-bond acceptors (Lipinski definition) is 4. The minimum atomic E-state index is -4.10. The Hall–Kier alpha value is -1.38. The zero-order valence-corrected chi connectivity index (χ0v) is 12.6. The maximum absolute atomic E-state index is 13.8. The lowest BCUT2D eigenvalue weighted by molar-refractivity contribution is -0.120. The van der Waals surface area contributed by atoms with E-state index in [1.54, 1.807) is 0 Å². The molecule has 112 valence electrons. The van der Waals surface area contributed by atoms with Crippen LogP contribution in [0.15, 0.2) is 17.0 Å². The lowest BCUT2D eigenvalue weighted by Gasteiger charge is -2.17. The Balaban J connectivity index is 3.08. The van der Waals surface area contributed by atoms with Gasteiger partial charge in [0.15, 0.2) is 5.82 Å². The van der Waals surface area contributed by atoms with Crippen molar-refractivity contribution in [2.24, 2.45) is 0 Å². The van der Waals surface area contributed by atoms with E-state index in [1.165, 1.54) is 14.1 Å². The second-order valence-electron chi connectivity index (χ2n) is 4.06. The van der Waals surface area contributed by atoms with Crippen LogP contribution in [0.5, 0.6) is 0 Å². The molecule has 0 aliphatic rings. The second kappa shape index (κ2) is 6.38. The third kappa shape index (κ3) is 3.59. The minimum Gasteiger partial charge on any atom is -0.399 e. The van der Waals surface area contributed by atoms with Crippen molar-refractivity contribution < 1.29 is 17.6 Å². The van der Waals surface area contributed by atoms with E-state index in [0.717, 1.165) is 16.4 Å². The molecule has 0 saturated heterocycles. The smallest absolute Gasteiger partial charge is 0.245 e. The SMILES string of the molecule is CNC(=O)CCN(C)S(=O)(=O)c1cc(N)cc(Cl)c1F. The van der Waals surface area contributed by atoms with Crippen LogP contribution in [0.1, 0.15) is 6.42 Å². The Kier molecular flexibility index (Phi) is 5.32. The van der Waals surface area contributed by atoms with Crippen LogP contribution in [0.3, 0.4) is 0 Å². The summed E-state index contributed by atoms with van der Waals surface area (Å²) in [4.78, 5) is 10.5. The molecule has 0 radical (unpaired) electrons. The van der Waals surface area contributed by atoms with E-state index in [9.17, 15) is 17.6 Å². The molecule has 0 saturated carbocycles. The summed E-state index contributed by atoms with van der Waals surface area (Å²) in [5.74, 6) is -1.38. The monoisotopic (exact) mass is 323 g/mol. The lowest BCUT2D eigenvalue weighted by atomic mass is 10.3. The first-order valence-corrected chi connectivity index (χ1v) is 7.43. The molecule has 1 aromatic carbocycles. The van der Waals surface area contributed by atoms with Gasteiger partial charge in [0.05, 0.1) is 5.02 Å². The number of rotatable bonds is 5. The molecule has 0 fully saturated rings. The van der Waals surface area contributed by atoms with Crippen LogP contribution in [-0.2, 0) is 14.8 Å². The molecule has 0 unspecified atom stereocenters. The first-order valence-electron chi connectivity index (χ1n) is 5.61. The van der Waals surface area contributed by atoms with E-state index in [0.29, 0.717) is 0 Å². The first kappa shape index (κ1) is 16.7. The van der Waals surface area contributed by atoms with E-state index in [4.69, 9.17) is 17.3 Å². The van der Waals surface area contributed by atoms with Gasteiger partial charge in [0, 0.05) is 32.7 Å². The molecule has 20 heavy (non-hydrogen) atoms. The molecule has 0 atom stereocenters. The molecule has 9 heteroatoms. The molecule has 1 rings (SSSR count). The predicted molar refractivity (Wildman–Crippen MR) is 74.3 cm³/mol. The summed E-state index contributed by atoms with van der Waals surface area (Å²) in [6.45, 7) is -0.0894. The molecule has 0 heterocycles. The summed E-state index contributed by atoms with van der Waals surface area (Å²) in [6.07, 6.45) is -0.0378. The van der Waals surface area contributed by atoms with Gasteiger partial charge in [-0.25, -0.2) is 17.1 Å². The summed E-state index contributed by atoms with van der Waals surface area (Å²) in [6, 6.07) is 2.12. The first-order chi connectivity index (χ1) is 9.20. The van der Waals surface area contributed by atoms with Crippen LogP contribution < -0.4 is 11.1 Å². The van der Waals surface area contributed by atoms with E-state index >= 15 is 0 Å². The average Bonchev–Trinajstić information content (AvgIpc) is 2.39. The molecule has 0 aliphatic heterocycles. The van der Waals surface area contributed by atoms with Crippen molar-refractivity contribution in [2.45, 2.75) is 11.3 Å². The average molecular weight is 324 g/mol. The topological polar surface area (TPSA) is 92.5 Å². The third-order valence-corrected chi connectivity index (χ3v) is 4.77. The number of benzene rings is 1. The molecule has 1 aromatic rings. The zero-order chi connectivity index (χ0) is 15.5. The maximum Gasteiger partial charge on any atom is 0.245 e. The Bertz CT molecular complexity index is 622. The van der Waals surface area contributed by atoms with Crippen LogP contribution in [0.2, 0.25) is 5.02 Å². The quantitative estimate of drug-likeness (QED) is 0.785. The number of nitrogen functional groups attached to an aromatic ring is 1. The van der Waals surface area contributed by atoms with Gasteiger partial charge in [0.25, 0.3) is 0 Å². The van der Waals surface area contributed by atoms with E-state index in [2.05, 4.69) is 5.32 Å². The number of amides is 1. The molecule has 1 amide bonds. The molecule has 0 aliphatic carbocycles. The Labute approximate surface area is 121 Å². The number of carbonyl (C=O) groups excluding carboxylic acids is 1. The van der Waals surface area contributed by atoms with Gasteiger partial charge < -0.3 is 11.1 Å². The highest BCUT2D eigenvalue weighted by Gasteiger charge is 2.26. The van der Waals surface area contributed by atoms with Crippen molar-refractivity contribution >= 4 is 33.2 Å². The Morgan fingerprint density at radius 1 is 1.50 bits per heavy atom. The standard InChI is InChI=1S/C11H15ClFN3O3S/c1-15-10(17)3-4-16(2)20(18,19)9-6-7(14)5-8(12)11(9)13/h5-6H,3-4,14H2,1-2H3,(H,15,17). The van der Waals surface area contributed by atoms with Crippen molar-refractivity contribution in [3.8, 4) is 0 Å². The zero-order valence-electron chi connectivity index (χ0n) is 11.0. The minimum absolute atomic E-state index is 0.0367. The number of nitrogens with two attached hydrogens (primary N) is 1.